The maximum absolute atomic E-state index is 10.4. The van der Waals surface area contributed by atoms with E-state index >= 15 is 0 Å². The van der Waals surface area contributed by atoms with Gasteiger partial charge in [-0.3, -0.25) is 4.68 Å². The zero-order valence-corrected chi connectivity index (χ0v) is 16.1. The Morgan fingerprint density at radius 3 is 2.40 bits per heavy atom. The zero-order valence-electron chi connectivity index (χ0n) is 16.1. The van der Waals surface area contributed by atoms with E-state index in [2.05, 4.69) is 29.2 Å². The van der Waals surface area contributed by atoms with Crippen LogP contribution in [-0.4, -0.2) is 42.6 Å². The average molecular weight is 346 g/mol. The van der Waals surface area contributed by atoms with Crippen LogP contribution < -0.4 is 15.0 Å². The standard InChI is InChI=1S/C19H30N4O2/c1-13(2)18-16(19(22(3)4)23(5)21-18)11-20-12-17(24)14-7-9-15(25-6)10-8-14/h7-10,13,17,20,24H,11-12H2,1-6H3/t17-/m0/s1. The number of nitrogens with zero attached hydrogens (tertiary/aromatic N) is 3. The van der Waals surface area contributed by atoms with Crippen LogP contribution in [0.25, 0.3) is 0 Å². The highest BCUT2D eigenvalue weighted by Gasteiger charge is 2.20. The molecule has 1 atom stereocenters. The SMILES string of the molecule is COc1ccc([C@@H](O)CNCc2c(C(C)C)nn(C)c2N(C)C)cc1. The lowest BCUT2D eigenvalue weighted by Gasteiger charge is -2.17. The van der Waals surface area contributed by atoms with Crippen LogP contribution in [0.15, 0.2) is 24.3 Å². The first-order chi connectivity index (χ1) is 11.8. The highest BCUT2D eigenvalue weighted by molar-refractivity contribution is 5.50. The summed E-state index contributed by atoms with van der Waals surface area (Å²) in [5, 5.41) is 18.4. The maximum Gasteiger partial charge on any atom is 0.130 e. The summed E-state index contributed by atoms with van der Waals surface area (Å²) in [6.07, 6.45) is -0.562. The third-order valence-electron chi connectivity index (χ3n) is 4.25. The zero-order chi connectivity index (χ0) is 18.6. The predicted molar refractivity (Wildman–Crippen MR) is 101 cm³/mol. The van der Waals surface area contributed by atoms with Gasteiger partial charge < -0.3 is 20.1 Å². The number of rotatable bonds is 8. The molecule has 138 valence electrons. The number of aliphatic hydroxyl groups is 1. The Hall–Kier alpha value is -2.05. The van der Waals surface area contributed by atoms with E-state index in [0.717, 1.165) is 22.8 Å². The molecule has 1 aromatic carbocycles. The summed E-state index contributed by atoms with van der Waals surface area (Å²) in [4.78, 5) is 2.08. The van der Waals surface area contributed by atoms with E-state index < -0.39 is 6.10 Å². The third-order valence-corrected chi connectivity index (χ3v) is 4.25. The number of methoxy groups -OCH3 is 1. The molecular formula is C19H30N4O2. The maximum atomic E-state index is 10.4. The van der Waals surface area contributed by atoms with Crippen molar-refractivity contribution in [2.45, 2.75) is 32.4 Å². The molecule has 25 heavy (non-hydrogen) atoms. The summed E-state index contributed by atoms with van der Waals surface area (Å²) in [5.74, 6) is 2.23. The second kappa shape index (κ2) is 8.36. The van der Waals surface area contributed by atoms with Crippen LogP contribution >= 0.6 is 0 Å². The van der Waals surface area contributed by atoms with Gasteiger partial charge in [-0.25, -0.2) is 0 Å². The van der Waals surface area contributed by atoms with Gasteiger partial charge in [-0.15, -0.1) is 0 Å². The molecule has 0 saturated carbocycles. The van der Waals surface area contributed by atoms with Crippen molar-refractivity contribution in [3.05, 3.63) is 41.1 Å². The molecule has 0 aliphatic heterocycles. The molecule has 0 aliphatic rings. The molecule has 0 fully saturated rings. The van der Waals surface area contributed by atoms with Gasteiger partial charge in [0.05, 0.1) is 18.9 Å². The van der Waals surface area contributed by atoms with Crippen LogP contribution in [0.1, 0.15) is 42.7 Å². The van der Waals surface area contributed by atoms with Gasteiger partial charge in [0.1, 0.15) is 11.6 Å². The van der Waals surface area contributed by atoms with Gasteiger partial charge in [0.2, 0.25) is 0 Å². The number of hydrogen-bond donors (Lipinski definition) is 2. The number of aliphatic hydroxyl groups excluding tert-OH is 1. The Kier molecular flexibility index (Phi) is 6.45. The Labute approximate surface area is 150 Å². The summed E-state index contributed by atoms with van der Waals surface area (Å²) in [6.45, 7) is 5.45. The van der Waals surface area contributed by atoms with Gasteiger partial charge in [-0.2, -0.15) is 5.10 Å². The molecule has 2 aromatic rings. The van der Waals surface area contributed by atoms with Crippen LogP contribution in [0.3, 0.4) is 0 Å². The first kappa shape index (κ1) is 19.3. The smallest absolute Gasteiger partial charge is 0.130 e. The molecule has 6 heteroatoms. The fourth-order valence-electron chi connectivity index (χ4n) is 3.05. The minimum Gasteiger partial charge on any atom is -0.497 e. The molecule has 1 heterocycles. The molecule has 0 unspecified atom stereocenters. The van der Waals surface area contributed by atoms with Crippen LogP contribution in [0, 0.1) is 0 Å². The lowest BCUT2D eigenvalue weighted by atomic mass is 10.0. The summed E-state index contributed by atoms with van der Waals surface area (Å²) in [7, 11) is 7.65. The molecule has 0 saturated heterocycles. The Balaban J connectivity index is 2.05. The van der Waals surface area contributed by atoms with Gasteiger partial charge in [-0.1, -0.05) is 26.0 Å². The fraction of sp³-hybridized carbons (Fsp3) is 0.526. The number of benzene rings is 1. The van der Waals surface area contributed by atoms with Crippen LogP contribution in [0.4, 0.5) is 5.82 Å². The molecule has 0 aliphatic carbocycles. The van der Waals surface area contributed by atoms with E-state index in [9.17, 15) is 5.11 Å². The molecule has 6 nitrogen and oxygen atoms in total. The van der Waals surface area contributed by atoms with Gasteiger partial charge >= 0.3 is 0 Å². The molecule has 2 N–H and O–H groups in total. The molecule has 0 radical (unpaired) electrons. The summed E-state index contributed by atoms with van der Waals surface area (Å²) < 4.78 is 7.07. The summed E-state index contributed by atoms with van der Waals surface area (Å²) in [5.41, 5.74) is 3.15. The van der Waals surface area contributed by atoms with Crippen molar-refractivity contribution in [1.82, 2.24) is 15.1 Å². The average Bonchev–Trinajstić information content (AvgIpc) is 2.91. The van der Waals surface area contributed by atoms with E-state index in [1.54, 1.807) is 7.11 Å². The first-order valence-electron chi connectivity index (χ1n) is 8.61. The lowest BCUT2D eigenvalue weighted by molar-refractivity contribution is 0.174. The number of anilines is 1. The van der Waals surface area contributed by atoms with Crippen LogP contribution in [0.5, 0.6) is 5.75 Å². The van der Waals surface area contributed by atoms with E-state index in [0.29, 0.717) is 19.0 Å². The Morgan fingerprint density at radius 1 is 1.24 bits per heavy atom. The van der Waals surface area contributed by atoms with E-state index in [1.165, 1.54) is 5.56 Å². The van der Waals surface area contributed by atoms with Crippen molar-refractivity contribution in [2.75, 3.05) is 32.6 Å². The van der Waals surface area contributed by atoms with Gasteiger partial charge in [0, 0.05) is 39.8 Å². The number of nitrogens with one attached hydrogen (secondary N) is 1. The Morgan fingerprint density at radius 2 is 1.88 bits per heavy atom. The predicted octanol–water partition coefficient (Wildman–Crippen LogP) is 2.44. The molecule has 0 bridgehead atoms. The van der Waals surface area contributed by atoms with Gasteiger partial charge in [-0.05, 0) is 23.6 Å². The normalized spacial score (nSPS) is 12.5. The monoisotopic (exact) mass is 346 g/mol. The van der Waals surface area contributed by atoms with Crippen molar-refractivity contribution in [2.24, 2.45) is 7.05 Å². The van der Waals surface area contributed by atoms with E-state index in [4.69, 9.17) is 4.74 Å². The van der Waals surface area contributed by atoms with Gasteiger partial charge in [0.15, 0.2) is 0 Å². The number of hydrogen-bond acceptors (Lipinski definition) is 5. The Bertz CT molecular complexity index is 677. The summed E-state index contributed by atoms with van der Waals surface area (Å²) >= 11 is 0. The van der Waals surface area contributed by atoms with Gasteiger partial charge in [0.25, 0.3) is 0 Å². The van der Waals surface area contributed by atoms with Crippen LogP contribution in [0.2, 0.25) is 0 Å². The summed E-state index contributed by atoms with van der Waals surface area (Å²) in [6, 6.07) is 7.50. The highest BCUT2D eigenvalue weighted by Crippen LogP contribution is 2.27. The van der Waals surface area contributed by atoms with E-state index in [-0.39, 0.29) is 0 Å². The molecular weight excluding hydrogens is 316 g/mol. The molecule has 1 aromatic heterocycles. The molecule has 2 rings (SSSR count). The van der Waals surface area contributed by atoms with Crippen molar-refractivity contribution < 1.29 is 9.84 Å². The quantitative estimate of drug-likeness (QED) is 0.769. The van der Waals surface area contributed by atoms with Crippen molar-refractivity contribution in [3.8, 4) is 5.75 Å². The fourth-order valence-corrected chi connectivity index (χ4v) is 3.05. The van der Waals surface area contributed by atoms with Crippen LogP contribution in [-0.2, 0) is 13.6 Å². The van der Waals surface area contributed by atoms with Crippen molar-refractivity contribution in [1.29, 1.82) is 0 Å². The number of aromatic nitrogens is 2. The largest absolute Gasteiger partial charge is 0.497 e. The molecule has 0 spiro atoms. The third kappa shape index (κ3) is 4.52. The number of aryl methyl sites for hydroxylation is 1. The number of ether oxygens (including phenoxy) is 1. The first-order valence-corrected chi connectivity index (χ1v) is 8.61. The molecule has 0 amide bonds. The van der Waals surface area contributed by atoms with Crippen molar-refractivity contribution >= 4 is 5.82 Å². The minimum absolute atomic E-state index is 0.350. The topological polar surface area (TPSA) is 62.6 Å². The van der Waals surface area contributed by atoms with E-state index in [1.807, 2.05) is 50.1 Å². The minimum atomic E-state index is -0.562. The second-order valence-corrected chi connectivity index (χ2v) is 6.78. The second-order valence-electron chi connectivity index (χ2n) is 6.78. The highest BCUT2D eigenvalue weighted by atomic mass is 16.5. The lowest BCUT2D eigenvalue weighted by Crippen LogP contribution is -2.23. The van der Waals surface area contributed by atoms with Crippen molar-refractivity contribution in [3.63, 3.8) is 0 Å².